The molecule has 1 saturated heterocycles. The van der Waals surface area contributed by atoms with Crippen molar-refractivity contribution in [1.82, 2.24) is 10.2 Å². The van der Waals surface area contributed by atoms with E-state index in [1.165, 1.54) is 0 Å². The lowest BCUT2D eigenvalue weighted by molar-refractivity contribution is -0.0704. The highest BCUT2D eigenvalue weighted by Crippen LogP contribution is 2.31. The smallest absolute Gasteiger partial charge is 0.164 e. The van der Waals surface area contributed by atoms with E-state index in [2.05, 4.69) is 16.9 Å². The Balaban J connectivity index is 2.24. The minimum absolute atomic E-state index is 0.111. The molecule has 2 heterocycles. The number of aliphatic imine (C=N–C) groups is 1. The number of rotatable bonds is 5. The fourth-order valence-electron chi connectivity index (χ4n) is 2.69. The van der Waals surface area contributed by atoms with Gasteiger partial charge in [-0.05, 0) is 14.0 Å². The highest BCUT2D eigenvalue weighted by Gasteiger charge is 2.48. The maximum Gasteiger partial charge on any atom is 0.164 e. The van der Waals surface area contributed by atoms with Crippen LogP contribution >= 0.6 is 0 Å². The summed E-state index contributed by atoms with van der Waals surface area (Å²) in [5.41, 5.74) is 6.68. The van der Waals surface area contributed by atoms with Gasteiger partial charge < -0.3 is 30.2 Å². The Bertz CT molecular complexity index is 463. The van der Waals surface area contributed by atoms with Crippen LogP contribution in [0.4, 0.5) is 0 Å². The largest absolute Gasteiger partial charge is 0.383 e. The molecule has 7 heteroatoms. The lowest BCUT2D eigenvalue weighted by Gasteiger charge is -2.33. The number of ether oxygens (including phenoxy) is 3. The van der Waals surface area contributed by atoms with Crippen LogP contribution in [0.25, 0.3) is 0 Å². The molecule has 0 bridgehead atoms. The van der Waals surface area contributed by atoms with Crippen molar-refractivity contribution in [1.29, 1.82) is 0 Å². The molecule has 0 aromatic heterocycles. The minimum Gasteiger partial charge on any atom is -0.383 e. The van der Waals surface area contributed by atoms with Crippen LogP contribution in [0.5, 0.6) is 0 Å². The van der Waals surface area contributed by atoms with Crippen molar-refractivity contribution in [3.63, 3.8) is 0 Å². The fourth-order valence-corrected chi connectivity index (χ4v) is 2.69. The molecule has 0 radical (unpaired) electrons. The quantitative estimate of drug-likeness (QED) is 0.744. The number of likely N-dealkylation sites (N-methyl/N-ethyl adjacent to an activating group) is 1. The molecule has 7 nitrogen and oxygen atoms in total. The molecule has 4 atom stereocenters. The van der Waals surface area contributed by atoms with E-state index in [1.54, 1.807) is 14.2 Å². The molecule has 1 fully saturated rings. The number of amidine groups is 1. The molecule has 0 spiro atoms. The SMILES string of the molecule is C=C1N=C(N)C(C)=CN1[C@@H]1O[C@H](CNC)C(OC)C1OC. The zero-order valence-electron chi connectivity index (χ0n) is 13.0. The van der Waals surface area contributed by atoms with Crippen molar-refractivity contribution >= 4 is 5.84 Å². The van der Waals surface area contributed by atoms with E-state index >= 15 is 0 Å². The number of methoxy groups -OCH3 is 2. The van der Waals surface area contributed by atoms with E-state index in [9.17, 15) is 0 Å². The lowest BCUT2D eigenvalue weighted by atomic mass is 10.1. The van der Waals surface area contributed by atoms with Crippen molar-refractivity contribution in [3.05, 3.63) is 24.2 Å². The van der Waals surface area contributed by atoms with E-state index < -0.39 is 0 Å². The molecule has 118 valence electrons. The molecule has 0 aliphatic carbocycles. The molecule has 21 heavy (non-hydrogen) atoms. The number of nitrogens with two attached hydrogens (primary N) is 1. The molecule has 3 N–H and O–H groups in total. The van der Waals surface area contributed by atoms with Crippen LogP contribution in [0.3, 0.4) is 0 Å². The van der Waals surface area contributed by atoms with Gasteiger partial charge in [0.25, 0.3) is 0 Å². The van der Waals surface area contributed by atoms with Gasteiger partial charge in [-0.15, -0.1) is 0 Å². The molecule has 0 aromatic rings. The Kier molecular flexibility index (Phi) is 5.00. The van der Waals surface area contributed by atoms with Crippen LogP contribution in [0.15, 0.2) is 29.2 Å². The fraction of sp³-hybridized carbons (Fsp3) is 0.643. The molecule has 0 aromatic carbocycles. The van der Waals surface area contributed by atoms with Crippen molar-refractivity contribution in [2.75, 3.05) is 27.8 Å². The molecule has 2 unspecified atom stereocenters. The minimum atomic E-state index is -0.349. The van der Waals surface area contributed by atoms with Crippen LogP contribution in [-0.2, 0) is 14.2 Å². The van der Waals surface area contributed by atoms with Crippen molar-refractivity contribution in [3.8, 4) is 0 Å². The van der Waals surface area contributed by atoms with Crippen LogP contribution in [-0.4, -0.2) is 63.1 Å². The first kappa shape index (κ1) is 16.0. The van der Waals surface area contributed by atoms with Gasteiger partial charge in [0, 0.05) is 32.5 Å². The van der Waals surface area contributed by atoms with Gasteiger partial charge in [0.2, 0.25) is 0 Å². The predicted octanol–water partition coefficient (Wildman–Crippen LogP) is 0.00850. The van der Waals surface area contributed by atoms with E-state index in [1.807, 2.05) is 25.1 Å². The first-order valence-electron chi connectivity index (χ1n) is 6.89. The van der Waals surface area contributed by atoms with E-state index in [0.29, 0.717) is 18.2 Å². The van der Waals surface area contributed by atoms with Crippen molar-refractivity contribution < 1.29 is 14.2 Å². The second-order valence-corrected chi connectivity index (χ2v) is 5.16. The summed E-state index contributed by atoms with van der Waals surface area (Å²) in [6, 6.07) is 0. The molecule has 2 rings (SSSR count). The second-order valence-electron chi connectivity index (χ2n) is 5.16. The number of hydrogen-bond donors (Lipinski definition) is 2. The summed E-state index contributed by atoms with van der Waals surface area (Å²) < 4.78 is 17.3. The maximum absolute atomic E-state index is 6.10. The average Bonchev–Trinajstić information content (AvgIpc) is 2.80. The van der Waals surface area contributed by atoms with Crippen LogP contribution < -0.4 is 11.1 Å². The molecule has 2 aliphatic heterocycles. The third-order valence-corrected chi connectivity index (χ3v) is 3.79. The zero-order valence-corrected chi connectivity index (χ0v) is 13.0. The summed E-state index contributed by atoms with van der Waals surface area (Å²) in [6.45, 7) is 6.50. The molecule has 0 amide bonds. The molecule has 2 aliphatic rings. The summed E-state index contributed by atoms with van der Waals surface area (Å²) >= 11 is 0. The Morgan fingerprint density at radius 3 is 2.67 bits per heavy atom. The Labute approximate surface area is 125 Å². The van der Waals surface area contributed by atoms with Gasteiger partial charge in [0.15, 0.2) is 6.23 Å². The van der Waals surface area contributed by atoms with Gasteiger partial charge in [0.05, 0.1) is 0 Å². The second kappa shape index (κ2) is 6.57. The van der Waals surface area contributed by atoms with Crippen LogP contribution in [0.2, 0.25) is 0 Å². The maximum atomic E-state index is 6.10. The van der Waals surface area contributed by atoms with Gasteiger partial charge in [-0.25, -0.2) is 4.99 Å². The highest BCUT2D eigenvalue weighted by atomic mass is 16.6. The first-order valence-corrected chi connectivity index (χ1v) is 6.89. The summed E-state index contributed by atoms with van der Waals surface area (Å²) in [5.74, 6) is 1.00. The number of nitrogens with one attached hydrogen (secondary N) is 1. The normalized spacial score (nSPS) is 33.1. The summed E-state index contributed by atoms with van der Waals surface area (Å²) in [4.78, 5) is 6.09. The summed E-state index contributed by atoms with van der Waals surface area (Å²) in [5, 5.41) is 3.10. The van der Waals surface area contributed by atoms with E-state index in [-0.39, 0.29) is 24.5 Å². The molecular weight excluding hydrogens is 272 g/mol. The van der Waals surface area contributed by atoms with Crippen molar-refractivity contribution in [2.45, 2.75) is 31.5 Å². The van der Waals surface area contributed by atoms with Crippen molar-refractivity contribution in [2.24, 2.45) is 10.7 Å². The van der Waals surface area contributed by atoms with E-state index in [4.69, 9.17) is 19.9 Å². The monoisotopic (exact) mass is 296 g/mol. The van der Waals surface area contributed by atoms with Gasteiger partial charge in [-0.3, -0.25) is 0 Å². The summed E-state index contributed by atoms with van der Waals surface area (Å²) in [6.07, 6.45) is 1.01. The number of hydrogen-bond acceptors (Lipinski definition) is 7. The third-order valence-electron chi connectivity index (χ3n) is 3.79. The Morgan fingerprint density at radius 1 is 1.43 bits per heavy atom. The standard InChI is InChI=1S/C14H24N4O3/c1-8-7-18(9(2)17-13(8)15)14-12(20-5)11(19-4)10(21-14)6-16-3/h7,10-12,14,16H,2,6H2,1,3-5H3,(H2,15,17)/t10-,11?,12?,14-/m1/s1. The average molecular weight is 296 g/mol. The van der Waals surface area contributed by atoms with Gasteiger partial charge in [-0.2, -0.15) is 0 Å². The van der Waals surface area contributed by atoms with Gasteiger partial charge in [-0.1, -0.05) is 6.58 Å². The highest BCUT2D eigenvalue weighted by molar-refractivity contribution is 5.97. The predicted molar refractivity (Wildman–Crippen MR) is 80.5 cm³/mol. The van der Waals surface area contributed by atoms with Crippen LogP contribution in [0, 0.1) is 0 Å². The molecule has 0 saturated carbocycles. The lowest BCUT2D eigenvalue weighted by Crippen LogP contribution is -2.44. The Morgan fingerprint density at radius 2 is 2.10 bits per heavy atom. The zero-order chi connectivity index (χ0) is 15.6. The molecular formula is C14H24N4O3. The summed E-state index contributed by atoms with van der Waals surface area (Å²) in [7, 11) is 5.18. The van der Waals surface area contributed by atoms with Gasteiger partial charge in [0.1, 0.15) is 30.0 Å². The Hall–Kier alpha value is -1.41. The van der Waals surface area contributed by atoms with Gasteiger partial charge >= 0.3 is 0 Å². The number of nitrogens with zero attached hydrogens (tertiary/aromatic N) is 2. The third kappa shape index (κ3) is 2.96. The first-order chi connectivity index (χ1) is 10.0. The van der Waals surface area contributed by atoms with E-state index in [0.717, 1.165) is 5.57 Å². The topological polar surface area (TPSA) is 81.3 Å². The van der Waals surface area contributed by atoms with Crippen LogP contribution in [0.1, 0.15) is 6.92 Å².